The summed E-state index contributed by atoms with van der Waals surface area (Å²) in [5.41, 5.74) is 2.38. The largest absolute Gasteiger partial charge is 0.497 e. The van der Waals surface area contributed by atoms with Crippen LogP contribution in [0.15, 0.2) is 35.7 Å². The van der Waals surface area contributed by atoms with Gasteiger partial charge in [0.2, 0.25) is 5.88 Å². The molecular weight excluding hydrogens is 484 g/mol. The fraction of sp³-hybridized carbons (Fsp3) is 0.567. The van der Waals surface area contributed by atoms with E-state index in [1.54, 1.807) is 18.4 Å². The molecule has 0 aliphatic heterocycles. The van der Waals surface area contributed by atoms with E-state index in [0.717, 1.165) is 40.2 Å². The first-order valence-electron chi connectivity index (χ1n) is 11.1. The number of esters is 1. The lowest BCUT2D eigenvalue weighted by molar-refractivity contribution is -0.152. The minimum atomic E-state index is -0.0445. The van der Waals surface area contributed by atoms with Crippen LogP contribution in [0, 0.1) is 5.92 Å². The van der Waals surface area contributed by atoms with Crippen LogP contribution in [0.25, 0.3) is 21.6 Å². The summed E-state index contributed by atoms with van der Waals surface area (Å²) in [4.78, 5) is 21.5. The van der Waals surface area contributed by atoms with Crippen LogP contribution in [0.5, 0.6) is 11.6 Å². The number of carbonyl (C=O) groups excluding carboxylic acids is 1. The number of methoxy groups -OCH3 is 1. The van der Waals surface area contributed by atoms with E-state index in [2.05, 4.69) is 4.98 Å². The zero-order valence-corrected chi connectivity index (χ0v) is 20.3. The van der Waals surface area contributed by atoms with E-state index in [1.165, 1.54) is 12.8 Å². The molecule has 7 heteroatoms. The number of fused-ring (bicyclic) bond motifs is 1. The number of hydrogen-bond donors (Lipinski definition) is 0. The molecule has 0 amide bonds. The van der Waals surface area contributed by atoms with Gasteiger partial charge in [0.15, 0.2) is 0 Å². The summed E-state index contributed by atoms with van der Waals surface area (Å²) < 4.78 is 16.3. The number of hydrogen-bond acceptors (Lipinski definition) is 7. The van der Waals surface area contributed by atoms with E-state index >= 15 is 0 Å². The van der Waals surface area contributed by atoms with Crippen LogP contribution in [-0.4, -0.2) is 35.3 Å². The van der Waals surface area contributed by atoms with Crippen molar-refractivity contribution in [3.63, 3.8) is 0 Å². The number of ether oxygens (including phenoxy) is 3. The van der Waals surface area contributed by atoms with Gasteiger partial charge in [-0.15, -0.1) is 11.3 Å². The molecule has 0 bridgehead atoms. The summed E-state index contributed by atoms with van der Waals surface area (Å²) in [7, 11) is 1.64. The first kappa shape index (κ1) is 38.9. The van der Waals surface area contributed by atoms with Crippen molar-refractivity contribution >= 4 is 28.3 Å². The van der Waals surface area contributed by atoms with Gasteiger partial charge < -0.3 is 14.2 Å². The van der Waals surface area contributed by atoms with Gasteiger partial charge in [0.1, 0.15) is 17.5 Å². The second kappa shape index (κ2) is 18.6. The van der Waals surface area contributed by atoms with Gasteiger partial charge in [0.05, 0.1) is 35.0 Å². The second-order valence-electron chi connectivity index (χ2n) is 8.37. The van der Waals surface area contributed by atoms with Crippen LogP contribution in [0.4, 0.5) is 0 Å². The molecule has 1 aliphatic carbocycles. The highest BCUT2D eigenvalue weighted by Crippen LogP contribution is 2.33. The first-order valence-corrected chi connectivity index (χ1v) is 12.0. The molecule has 0 N–H and O–H groups in total. The molecule has 2 heterocycles. The molecule has 0 radical (unpaired) electrons. The third kappa shape index (κ3) is 11.1. The van der Waals surface area contributed by atoms with Crippen LogP contribution in [0.3, 0.4) is 0 Å². The molecule has 1 fully saturated rings. The molecule has 6 nitrogen and oxygen atoms in total. The summed E-state index contributed by atoms with van der Waals surface area (Å²) in [5, 5.41) is 2.02. The SMILES string of the molecule is C.C.C.C.C.CC(C)C(=O)OC1CCCC1.COc1ccc2nc(OC(C)C)c(-c3cccs3)nc2c1. The van der Waals surface area contributed by atoms with Gasteiger partial charge in [-0.05, 0) is 63.1 Å². The first-order chi connectivity index (χ1) is 15.4. The molecule has 4 rings (SSSR count). The maximum absolute atomic E-state index is 11.1. The van der Waals surface area contributed by atoms with Crippen molar-refractivity contribution in [3.8, 4) is 22.2 Å². The highest BCUT2D eigenvalue weighted by atomic mass is 32.1. The maximum atomic E-state index is 11.1. The van der Waals surface area contributed by atoms with Crippen LogP contribution >= 0.6 is 11.3 Å². The Morgan fingerprint density at radius 1 is 0.946 bits per heavy atom. The molecule has 1 saturated carbocycles. The van der Waals surface area contributed by atoms with Crippen LogP contribution < -0.4 is 9.47 Å². The van der Waals surface area contributed by atoms with Crippen LogP contribution in [0.2, 0.25) is 0 Å². The van der Waals surface area contributed by atoms with E-state index in [-0.39, 0.29) is 61.2 Å². The van der Waals surface area contributed by atoms with Crippen molar-refractivity contribution in [2.75, 3.05) is 7.11 Å². The van der Waals surface area contributed by atoms with E-state index < -0.39 is 0 Å². The van der Waals surface area contributed by atoms with Crippen molar-refractivity contribution in [2.45, 2.75) is 103 Å². The van der Waals surface area contributed by atoms with Gasteiger partial charge >= 0.3 is 5.97 Å². The molecule has 1 aliphatic rings. The average Bonchev–Trinajstić information content (AvgIpc) is 3.47. The molecule has 0 saturated heterocycles. The summed E-state index contributed by atoms with van der Waals surface area (Å²) in [6.07, 6.45) is 4.85. The molecule has 37 heavy (non-hydrogen) atoms. The Morgan fingerprint density at radius 2 is 1.59 bits per heavy atom. The predicted octanol–water partition coefficient (Wildman–Crippen LogP) is 9.46. The van der Waals surface area contributed by atoms with Crippen molar-refractivity contribution in [1.82, 2.24) is 9.97 Å². The third-order valence-corrected chi connectivity index (χ3v) is 5.87. The smallest absolute Gasteiger partial charge is 0.308 e. The number of rotatable bonds is 6. The number of aromatic nitrogens is 2. The molecule has 0 unspecified atom stereocenters. The average molecular weight is 537 g/mol. The molecule has 2 aromatic heterocycles. The highest BCUT2D eigenvalue weighted by Gasteiger charge is 2.20. The van der Waals surface area contributed by atoms with Gasteiger partial charge in [-0.1, -0.05) is 57.0 Å². The zero-order valence-electron chi connectivity index (χ0n) is 19.5. The van der Waals surface area contributed by atoms with E-state index in [0.29, 0.717) is 5.88 Å². The third-order valence-electron chi connectivity index (χ3n) is 5.00. The van der Waals surface area contributed by atoms with E-state index in [4.69, 9.17) is 19.2 Å². The fourth-order valence-corrected chi connectivity index (χ4v) is 4.04. The minimum Gasteiger partial charge on any atom is -0.497 e. The van der Waals surface area contributed by atoms with Gasteiger partial charge in [0, 0.05) is 6.07 Å². The highest BCUT2D eigenvalue weighted by molar-refractivity contribution is 7.13. The van der Waals surface area contributed by atoms with Gasteiger partial charge in [0.25, 0.3) is 0 Å². The Hall–Kier alpha value is -2.67. The quantitative estimate of drug-likeness (QED) is 0.292. The number of benzene rings is 1. The van der Waals surface area contributed by atoms with Crippen LogP contribution in [-0.2, 0) is 9.53 Å². The summed E-state index contributed by atoms with van der Waals surface area (Å²) in [5.74, 6) is 1.32. The van der Waals surface area contributed by atoms with Gasteiger partial charge in [-0.2, -0.15) is 0 Å². The number of nitrogens with zero attached hydrogens (tertiary/aromatic N) is 2. The van der Waals surface area contributed by atoms with Crippen molar-refractivity contribution in [1.29, 1.82) is 0 Å². The van der Waals surface area contributed by atoms with Crippen molar-refractivity contribution in [2.24, 2.45) is 5.92 Å². The molecule has 0 atom stereocenters. The monoisotopic (exact) mass is 536 g/mol. The Balaban J connectivity index is -0.000000633. The minimum absolute atomic E-state index is 0. The Kier molecular flexibility index (Phi) is 19.5. The molecule has 212 valence electrons. The Bertz CT molecular complexity index is 1010. The maximum Gasteiger partial charge on any atom is 0.308 e. The lowest BCUT2D eigenvalue weighted by atomic mass is 10.2. The summed E-state index contributed by atoms with van der Waals surface area (Å²) in [6, 6.07) is 9.68. The Morgan fingerprint density at radius 3 is 2.11 bits per heavy atom. The van der Waals surface area contributed by atoms with E-state index in [9.17, 15) is 4.79 Å². The molecule has 3 aromatic rings. The molecular formula is C30H52N2O4S. The van der Waals surface area contributed by atoms with Crippen LogP contribution in [0.1, 0.15) is 90.5 Å². The topological polar surface area (TPSA) is 70.5 Å². The lowest BCUT2D eigenvalue weighted by Gasteiger charge is -2.13. The van der Waals surface area contributed by atoms with E-state index in [1.807, 2.05) is 63.4 Å². The standard InChI is InChI=1S/C16H16N2O2S.C9H16O2.5CH4/c1-10(2)20-16-15(14-5-4-8-21-14)17-13-9-11(19-3)6-7-12(13)18-16;1-7(2)9(10)11-8-5-3-4-6-8;;;;;/h4-10H,1-3H3;7-8H,3-6H2,1-2H3;5*1H4. The van der Waals surface area contributed by atoms with Gasteiger partial charge in [-0.25, -0.2) is 9.97 Å². The number of thiophene rings is 1. The predicted molar refractivity (Wildman–Crippen MR) is 162 cm³/mol. The molecule has 0 spiro atoms. The lowest BCUT2D eigenvalue weighted by Crippen LogP contribution is -2.18. The van der Waals surface area contributed by atoms with Crippen molar-refractivity contribution in [3.05, 3.63) is 35.7 Å². The Labute approximate surface area is 230 Å². The van der Waals surface area contributed by atoms with Gasteiger partial charge in [-0.3, -0.25) is 4.79 Å². The number of carbonyl (C=O) groups is 1. The fourth-order valence-electron chi connectivity index (χ4n) is 3.33. The molecule has 1 aromatic carbocycles. The normalized spacial score (nSPS) is 12.0. The zero-order chi connectivity index (χ0) is 23.1. The second-order valence-corrected chi connectivity index (χ2v) is 9.32. The summed E-state index contributed by atoms with van der Waals surface area (Å²) in [6.45, 7) is 7.71. The van der Waals surface area contributed by atoms with Crippen molar-refractivity contribution < 1.29 is 19.0 Å². The summed E-state index contributed by atoms with van der Waals surface area (Å²) >= 11 is 1.62.